The summed E-state index contributed by atoms with van der Waals surface area (Å²) in [5.41, 5.74) is 1.06. The van der Waals surface area contributed by atoms with Crippen LogP contribution in [0.25, 0.3) is 0 Å². The van der Waals surface area contributed by atoms with Crippen LogP contribution in [-0.2, 0) is 4.79 Å². The van der Waals surface area contributed by atoms with Gasteiger partial charge in [-0.2, -0.15) is 0 Å². The Bertz CT molecular complexity index is 419. The normalized spacial score (nSPS) is 23.6. The van der Waals surface area contributed by atoms with Gasteiger partial charge >= 0.3 is 5.97 Å². The third-order valence-electron chi connectivity index (χ3n) is 3.28. The zero-order valence-electron chi connectivity index (χ0n) is 10.6. The molecule has 1 aromatic rings. The topological polar surface area (TPSA) is 58.6 Å². The van der Waals surface area contributed by atoms with Gasteiger partial charge in [0.05, 0.1) is 6.61 Å². The second-order valence-electron chi connectivity index (χ2n) is 4.51. The van der Waals surface area contributed by atoms with Crippen molar-refractivity contribution in [3.8, 4) is 5.75 Å². The highest BCUT2D eigenvalue weighted by Gasteiger charge is 2.28. The van der Waals surface area contributed by atoms with Crippen molar-refractivity contribution >= 4 is 5.97 Å². The second kappa shape index (κ2) is 5.87. The number of nitrogens with one attached hydrogen (secondary N) is 1. The standard InChI is InChI=1S/C14H19NO3/c1-2-18-13-9-4-3-6-10(13)11-7-5-8-12(15-11)14(16)17/h3-4,6,9,11-12,15H,2,5,7-8H2,1H3,(H,16,17). The highest BCUT2D eigenvalue weighted by molar-refractivity contribution is 5.73. The molecule has 2 rings (SSSR count). The van der Waals surface area contributed by atoms with Crippen LogP contribution < -0.4 is 10.1 Å². The lowest BCUT2D eigenvalue weighted by Crippen LogP contribution is -2.42. The smallest absolute Gasteiger partial charge is 0.320 e. The van der Waals surface area contributed by atoms with Crippen molar-refractivity contribution in [2.45, 2.75) is 38.3 Å². The highest BCUT2D eigenvalue weighted by Crippen LogP contribution is 2.31. The molecule has 1 aliphatic rings. The van der Waals surface area contributed by atoms with Gasteiger partial charge in [0.1, 0.15) is 11.8 Å². The van der Waals surface area contributed by atoms with Crippen LogP contribution in [-0.4, -0.2) is 23.7 Å². The summed E-state index contributed by atoms with van der Waals surface area (Å²) in [7, 11) is 0. The highest BCUT2D eigenvalue weighted by atomic mass is 16.5. The molecule has 4 heteroatoms. The fraction of sp³-hybridized carbons (Fsp3) is 0.500. The molecular weight excluding hydrogens is 230 g/mol. The van der Waals surface area contributed by atoms with E-state index in [0.717, 1.165) is 24.2 Å². The van der Waals surface area contributed by atoms with Crippen molar-refractivity contribution in [1.82, 2.24) is 5.32 Å². The van der Waals surface area contributed by atoms with Crippen LogP contribution >= 0.6 is 0 Å². The Morgan fingerprint density at radius 1 is 1.44 bits per heavy atom. The molecule has 1 aliphatic heterocycles. The van der Waals surface area contributed by atoms with Crippen LogP contribution in [0.3, 0.4) is 0 Å². The number of carbonyl (C=O) groups is 1. The first-order valence-corrected chi connectivity index (χ1v) is 6.43. The van der Waals surface area contributed by atoms with Gasteiger partial charge in [0, 0.05) is 11.6 Å². The quantitative estimate of drug-likeness (QED) is 0.860. The minimum atomic E-state index is -0.770. The molecule has 0 spiro atoms. The zero-order chi connectivity index (χ0) is 13.0. The molecule has 2 atom stereocenters. The SMILES string of the molecule is CCOc1ccccc1C1CCCC(C(=O)O)N1. The lowest BCUT2D eigenvalue weighted by Gasteiger charge is -2.29. The summed E-state index contributed by atoms with van der Waals surface area (Å²) in [6, 6.07) is 7.47. The Morgan fingerprint density at radius 2 is 2.22 bits per heavy atom. The molecule has 4 nitrogen and oxygen atoms in total. The lowest BCUT2D eigenvalue weighted by atomic mass is 9.93. The predicted octanol–water partition coefficient (Wildman–Crippen LogP) is 2.35. The van der Waals surface area contributed by atoms with E-state index in [1.807, 2.05) is 31.2 Å². The maximum Gasteiger partial charge on any atom is 0.320 e. The van der Waals surface area contributed by atoms with Crippen molar-refractivity contribution < 1.29 is 14.6 Å². The second-order valence-corrected chi connectivity index (χ2v) is 4.51. The van der Waals surface area contributed by atoms with E-state index in [9.17, 15) is 4.79 Å². The van der Waals surface area contributed by atoms with E-state index in [2.05, 4.69) is 5.32 Å². The van der Waals surface area contributed by atoms with Crippen LogP contribution in [0.5, 0.6) is 5.75 Å². The first-order valence-electron chi connectivity index (χ1n) is 6.43. The minimum absolute atomic E-state index is 0.0719. The van der Waals surface area contributed by atoms with Crippen LogP contribution in [0.2, 0.25) is 0 Å². The molecule has 0 amide bonds. The molecule has 98 valence electrons. The van der Waals surface area contributed by atoms with E-state index in [-0.39, 0.29) is 6.04 Å². The van der Waals surface area contributed by atoms with E-state index >= 15 is 0 Å². The van der Waals surface area contributed by atoms with Crippen molar-refractivity contribution in [2.24, 2.45) is 0 Å². The molecule has 0 bridgehead atoms. The number of piperidine rings is 1. The van der Waals surface area contributed by atoms with E-state index in [1.54, 1.807) is 0 Å². The molecule has 1 fully saturated rings. The Hall–Kier alpha value is -1.55. The van der Waals surface area contributed by atoms with E-state index in [4.69, 9.17) is 9.84 Å². The Morgan fingerprint density at radius 3 is 2.94 bits per heavy atom. The maximum atomic E-state index is 11.0. The summed E-state index contributed by atoms with van der Waals surface area (Å²) in [6.45, 7) is 2.57. The van der Waals surface area contributed by atoms with Gasteiger partial charge in [-0.1, -0.05) is 18.2 Å². The molecular formula is C14H19NO3. The number of aliphatic carboxylic acids is 1. The Kier molecular flexibility index (Phi) is 4.20. The molecule has 1 saturated heterocycles. The van der Waals surface area contributed by atoms with Crippen molar-refractivity contribution in [3.05, 3.63) is 29.8 Å². The monoisotopic (exact) mass is 249 g/mol. The average Bonchev–Trinajstić information content (AvgIpc) is 2.40. The summed E-state index contributed by atoms with van der Waals surface area (Å²) in [6.07, 6.45) is 2.57. The van der Waals surface area contributed by atoms with Gasteiger partial charge in [0.25, 0.3) is 0 Å². The molecule has 0 aliphatic carbocycles. The fourth-order valence-electron chi connectivity index (χ4n) is 2.43. The van der Waals surface area contributed by atoms with Gasteiger partial charge in [0.2, 0.25) is 0 Å². The first-order chi connectivity index (χ1) is 8.72. The van der Waals surface area contributed by atoms with Gasteiger partial charge in [-0.15, -0.1) is 0 Å². The van der Waals surface area contributed by atoms with E-state index < -0.39 is 12.0 Å². The maximum absolute atomic E-state index is 11.0. The summed E-state index contributed by atoms with van der Waals surface area (Å²) in [4.78, 5) is 11.0. The van der Waals surface area contributed by atoms with Crippen LogP contribution in [0.15, 0.2) is 24.3 Å². The summed E-state index contributed by atoms with van der Waals surface area (Å²) >= 11 is 0. The van der Waals surface area contributed by atoms with Crippen LogP contribution in [0.4, 0.5) is 0 Å². The Labute approximate surface area is 107 Å². The number of carboxylic acids is 1. The number of hydrogen-bond acceptors (Lipinski definition) is 3. The lowest BCUT2D eigenvalue weighted by molar-refractivity contribution is -0.140. The van der Waals surface area contributed by atoms with Crippen LogP contribution in [0, 0.1) is 0 Å². The van der Waals surface area contributed by atoms with Crippen molar-refractivity contribution in [3.63, 3.8) is 0 Å². The molecule has 1 aromatic carbocycles. The van der Waals surface area contributed by atoms with Gasteiger partial charge in [-0.3, -0.25) is 10.1 Å². The number of benzene rings is 1. The van der Waals surface area contributed by atoms with Crippen molar-refractivity contribution in [1.29, 1.82) is 0 Å². The van der Waals surface area contributed by atoms with Crippen LogP contribution in [0.1, 0.15) is 37.8 Å². The largest absolute Gasteiger partial charge is 0.494 e. The zero-order valence-corrected chi connectivity index (χ0v) is 10.6. The third-order valence-corrected chi connectivity index (χ3v) is 3.28. The van der Waals surface area contributed by atoms with E-state index in [0.29, 0.717) is 13.0 Å². The third kappa shape index (κ3) is 2.82. The molecule has 18 heavy (non-hydrogen) atoms. The Balaban J connectivity index is 2.17. The van der Waals surface area contributed by atoms with Gasteiger partial charge in [-0.25, -0.2) is 0 Å². The number of ether oxygens (including phenoxy) is 1. The molecule has 0 radical (unpaired) electrons. The van der Waals surface area contributed by atoms with Gasteiger partial charge < -0.3 is 9.84 Å². The van der Waals surface area contributed by atoms with Crippen molar-refractivity contribution in [2.75, 3.05) is 6.61 Å². The number of rotatable bonds is 4. The molecule has 0 aromatic heterocycles. The van der Waals surface area contributed by atoms with E-state index in [1.165, 1.54) is 0 Å². The van der Waals surface area contributed by atoms with Gasteiger partial charge in [-0.05, 0) is 32.3 Å². The number of carboxylic acid groups (broad SMARTS) is 1. The molecule has 1 heterocycles. The minimum Gasteiger partial charge on any atom is -0.494 e. The predicted molar refractivity (Wildman–Crippen MR) is 68.8 cm³/mol. The molecule has 2 unspecified atom stereocenters. The summed E-state index contributed by atoms with van der Waals surface area (Å²) in [5.74, 6) is 0.0807. The number of para-hydroxylation sites is 1. The molecule has 0 saturated carbocycles. The fourth-order valence-corrected chi connectivity index (χ4v) is 2.43. The first kappa shape index (κ1) is 12.9. The van der Waals surface area contributed by atoms with Gasteiger partial charge in [0.15, 0.2) is 0 Å². The summed E-state index contributed by atoms with van der Waals surface area (Å²) < 4.78 is 5.60. The molecule has 2 N–H and O–H groups in total. The average molecular weight is 249 g/mol. The number of hydrogen-bond donors (Lipinski definition) is 2. The summed E-state index contributed by atoms with van der Waals surface area (Å²) in [5, 5.41) is 12.3.